The van der Waals surface area contributed by atoms with Gasteiger partial charge in [0, 0.05) is 18.2 Å². The number of benzene rings is 1. The van der Waals surface area contributed by atoms with Gasteiger partial charge in [0.15, 0.2) is 5.82 Å². The molecule has 5 nitrogen and oxygen atoms in total. The summed E-state index contributed by atoms with van der Waals surface area (Å²) in [7, 11) is 0. The van der Waals surface area contributed by atoms with Gasteiger partial charge in [0.05, 0.1) is 11.6 Å². The molecule has 0 bridgehead atoms. The van der Waals surface area contributed by atoms with E-state index in [0.29, 0.717) is 23.6 Å². The smallest absolute Gasteiger partial charge is 0.230 e. The Labute approximate surface area is 115 Å². The number of nitrogens with zero attached hydrogens (tertiary/aromatic N) is 1. The van der Waals surface area contributed by atoms with Crippen LogP contribution < -0.4 is 10.6 Å². The van der Waals surface area contributed by atoms with Crippen molar-refractivity contribution >= 4 is 11.7 Å². The number of hydrogen-bond donors (Lipinski definition) is 3. The molecular formula is C14H15FN4O. The predicted octanol–water partition coefficient (Wildman–Crippen LogP) is 1.76. The fraction of sp³-hybridized carbons (Fsp3) is 0.286. The quantitative estimate of drug-likeness (QED) is 0.799. The average molecular weight is 274 g/mol. The summed E-state index contributed by atoms with van der Waals surface area (Å²) < 4.78 is 13.6. The SMILES string of the molecule is O=C(Nc1cc(-c2ccccc2F)[nH]n1)[C@@H]1CCNC1. The van der Waals surface area contributed by atoms with Crippen LogP contribution in [0.4, 0.5) is 10.2 Å². The molecule has 6 heteroatoms. The molecule has 3 N–H and O–H groups in total. The van der Waals surface area contributed by atoms with Gasteiger partial charge in [0.2, 0.25) is 5.91 Å². The van der Waals surface area contributed by atoms with E-state index in [1.807, 2.05) is 0 Å². The highest BCUT2D eigenvalue weighted by atomic mass is 19.1. The largest absolute Gasteiger partial charge is 0.316 e. The molecule has 0 saturated carbocycles. The van der Waals surface area contributed by atoms with Crippen LogP contribution in [0.3, 0.4) is 0 Å². The number of aromatic nitrogens is 2. The summed E-state index contributed by atoms with van der Waals surface area (Å²) in [4.78, 5) is 11.9. The predicted molar refractivity (Wildman–Crippen MR) is 73.6 cm³/mol. The molecule has 1 aliphatic rings. The van der Waals surface area contributed by atoms with Crippen LogP contribution >= 0.6 is 0 Å². The molecule has 1 atom stereocenters. The maximum Gasteiger partial charge on any atom is 0.230 e. The zero-order valence-electron chi connectivity index (χ0n) is 10.8. The third kappa shape index (κ3) is 2.55. The molecule has 0 radical (unpaired) electrons. The second kappa shape index (κ2) is 5.42. The van der Waals surface area contributed by atoms with Crippen molar-refractivity contribution in [1.29, 1.82) is 0 Å². The number of anilines is 1. The van der Waals surface area contributed by atoms with Gasteiger partial charge in [-0.2, -0.15) is 5.10 Å². The normalized spacial score (nSPS) is 18.1. The molecule has 1 aromatic carbocycles. The first-order chi connectivity index (χ1) is 9.74. The van der Waals surface area contributed by atoms with E-state index in [1.54, 1.807) is 24.3 Å². The molecule has 104 valence electrons. The molecule has 1 aromatic heterocycles. The monoisotopic (exact) mass is 274 g/mol. The van der Waals surface area contributed by atoms with Crippen LogP contribution in [0.2, 0.25) is 0 Å². The van der Waals surface area contributed by atoms with Crippen LogP contribution in [0.5, 0.6) is 0 Å². The van der Waals surface area contributed by atoms with E-state index in [0.717, 1.165) is 13.0 Å². The molecule has 1 amide bonds. The Balaban J connectivity index is 1.74. The fourth-order valence-electron chi connectivity index (χ4n) is 2.31. The Morgan fingerprint density at radius 1 is 1.40 bits per heavy atom. The van der Waals surface area contributed by atoms with Crippen molar-refractivity contribution in [3.63, 3.8) is 0 Å². The van der Waals surface area contributed by atoms with Crippen molar-refractivity contribution in [2.24, 2.45) is 5.92 Å². The van der Waals surface area contributed by atoms with Gasteiger partial charge in [-0.3, -0.25) is 9.89 Å². The Morgan fingerprint density at radius 3 is 3.00 bits per heavy atom. The lowest BCUT2D eigenvalue weighted by Gasteiger charge is -2.06. The van der Waals surface area contributed by atoms with Crippen molar-refractivity contribution in [3.8, 4) is 11.3 Å². The van der Waals surface area contributed by atoms with E-state index in [2.05, 4.69) is 20.8 Å². The molecule has 0 aliphatic carbocycles. The minimum absolute atomic E-state index is 0.0244. The van der Waals surface area contributed by atoms with Crippen molar-refractivity contribution in [1.82, 2.24) is 15.5 Å². The molecule has 1 fully saturated rings. The number of halogens is 1. The second-order valence-corrected chi connectivity index (χ2v) is 4.83. The summed E-state index contributed by atoms with van der Waals surface area (Å²) >= 11 is 0. The fourth-order valence-corrected chi connectivity index (χ4v) is 2.31. The van der Waals surface area contributed by atoms with Crippen LogP contribution in [0.25, 0.3) is 11.3 Å². The minimum Gasteiger partial charge on any atom is -0.316 e. The molecule has 3 rings (SSSR count). The lowest BCUT2D eigenvalue weighted by atomic mass is 10.1. The highest BCUT2D eigenvalue weighted by Crippen LogP contribution is 2.23. The molecule has 2 aromatic rings. The van der Waals surface area contributed by atoms with Crippen molar-refractivity contribution in [3.05, 3.63) is 36.1 Å². The standard InChI is InChI=1S/C14H15FN4O/c15-11-4-2-1-3-10(11)12-7-13(19-18-12)17-14(20)9-5-6-16-8-9/h1-4,7,9,16H,5-6,8H2,(H2,17,18,19,20)/t9-/m1/s1. The zero-order valence-corrected chi connectivity index (χ0v) is 10.8. The molecule has 20 heavy (non-hydrogen) atoms. The van der Waals surface area contributed by atoms with Gasteiger partial charge >= 0.3 is 0 Å². The molecule has 1 saturated heterocycles. The summed E-state index contributed by atoms with van der Waals surface area (Å²) in [5.41, 5.74) is 0.978. The average Bonchev–Trinajstić information content (AvgIpc) is 3.10. The Bertz CT molecular complexity index is 619. The number of rotatable bonds is 3. The highest BCUT2D eigenvalue weighted by molar-refractivity contribution is 5.92. The summed E-state index contributed by atoms with van der Waals surface area (Å²) in [5.74, 6) is 0.0133. The summed E-state index contributed by atoms with van der Waals surface area (Å²) in [6.45, 7) is 1.55. The van der Waals surface area contributed by atoms with Crippen molar-refractivity contribution in [2.75, 3.05) is 18.4 Å². The van der Waals surface area contributed by atoms with Crippen LogP contribution in [-0.2, 0) is 4.79 Å². The van der Waals surface area contributed by atoms with Crippen LogP contribution in [-0.4, -0.2) is 29.2 Å². The zero-order chi connectivity index (χ0) is 13.9. The number of hydrogen-bond acceptors (Lipinski definition) is 3. The minimum atomic E-state index is -0.325. The van der Waals surface area contributed by atoms with Gasteiger partial charge < -0.3 is 10.6 Å². The lowest BCUT2D eigenvalue weighted by Crippen LogP contribution is -2.24. The number of nitrogens with one attached hydrogen (secondary N) is 3. The molecule has 0 unspecified atom stereocenters. The van der Waals surface area contributed by atoms with Crippen LogP contribution in [0.1, 0.15) is 6.42 Å². The van der Waals surface area contributed by atoms with E-state index in [9.17, 15) is 9.18 Å². The summed E-state index contributed by atoms with van der Waals surface area (Å²) in [6, 6.07) is 8.07. The summed E-state index contributed by atoms with van der Waals surface area (Å²) in [6.07, 6.45) is 0.830. The van der Waals surface area contributed by atoms with Gasteiger partial charge in [-0.25, -0.2) is 4.39 Å². The number of carbonyl (C=O) groups is 1. The van der Waals surface area contributed by atoms with Gasteiger partial charge in [0.1, 0.15) is 5.82 Å². The van der Waals surface area contributed by atoms with Crippen LogP contribution in [0.15, 0.2) is 30.3 Å². The summed E-state index contributed by atoms with van der Waals surface area (Å²) in [5, 5.41) is 12.6. The van der Waals surface area contributed by atoms with Gasteiger partial charge in [-0.05, 0) is 25.1 Å². The Kier molecular flexibility index (Phi) is 3.47. The number of amides is 1. The Hall–Kier alpha value is -2.21. The third-order valence-electron chi connectivity index (χ3n) is 3.42. The first-order valence-electron chi connectivity index (χ1n) is 6.56. The van der Waals surface area contributed by atoms with Gasteiger partial charge in [0.25, 0.3) is 0 Å². The van der Waals surface area contributed by atoms with E-state index < -0.39 is 0 Å². The van der Waals surface area contributed by atoms with E-state index in [-0.39, 0.29) is 17.6 Å². The van der Waals surface area contributed by atoms with Crippen molar-refractivity contribution in [2.45, 2.75) is 6.42 Å². The Morgan fingerprint density at radius 2 is 2.25 bits per heavy atom. The topological polar surface area (TPSA) is 69.8 Å². The maximum absolute atomic E-state index is 13.6. The number of aromatic amines is 1. The molecule has 1 aliphatic heterocycles. The van der Waals surface area contributed by atoms with Gasteiger partial charge in [-0.1, -0.05) is 12.1 Å². The first kappa shape index (κ1) is 12.8. The van der Waals surface area contributed by atoms with E-state index in [1.165, 1.54) is 6.07 Å². The van der Waals surface area contributed by atoms with Gasteiger partial charge in [-0.15, -0.1) is 0 Å². The first-order valence-corrected chi connectivity index (χ1v) is 6.56. The molecular weight excluding hydrogens is 259 g/mol. The number of carbonyl (C=O) groups excluding carboxylic acids is 1. The highest BCUT2D eigenvalue weighted by Gasteiger charge is 2.23. The second-order valence-electron chi connectivity index (χ2n) is 4.83. The molecule has 0 spiro atoms. The number of H-pyrrole nitrogens is 1. The van der Waals surface area contributed by atoms with Crippen molar-refractivity contribution < 1.29 is 9.18 Å². The maximum atomic E-state index is 13.6. The van der Waals surface area contributed by atoms with E-state index >= 15 is 0 Å². The van der Waals surface area contributed by atoms with Crippen LogP contribution in [0, 0.1) is 11.7 Å². The van der Waals surface area contributed by atoms with E-state index in [4.69, 9.17) is 0 Å². The molecule has 2 heterocycles. The third-order valence-corrected chi connectivity index (χ3v) is 3.42. The lowest BCUT2D eigenvalue weighted by molar-refractivity contribution is -0.119.